The third kappa shape index (κ3) is 4.37. The van der Waals surface area contributed by atoms with Crippen LogP contribution in [0.3, 0.4) is 0 Å². The zero-order chi connectivity index (χ0) is 13.0. The van der Waals surface area contributed by atoms with E-state index in [1.54, 1.807) is 11.1 Å². The molecule has 104 valence electrons. The molecule has 1 aliphatic carbocycles. The van der Waals surface area contributed by atoms with Crippen LogP contribution >= 0.6 is 0 Å². The van der Waals surface area contributed by atoms with Crippen LogP contribution in [0.5, 0.6) is 0 Å². The molecule has 5 heteroatoms. The zero-order valence-electron chi connectivity index (χ0n) is 10.9. The van der Waals surface area contributed by atoms with Gasteiger partial charge in [-0.25, -0.2) is 0 Å². The lowest BCUT2D eigenvalue weighted by atomic mass is 9.87. The molecule has 0 aromatic carbocycles. The van der Waals surface area contributed by atoms with Crippen LogP contribution in [-0.2, 0) is 10.1 Å². The summed E-state index contributed by atoms with van der Waals surface area (Å²) in [4.78, 5) is 2.42. The van der Waals surface area contributed by atoms with E-state index in [2.05, 4.69) is 4.90 Å². The van der Waals surface area contributed by atoms with Crippen molar-refractivity contribution in [3.8, 4) is 0 Å². The van der Waals surface area contributed by atoms with Crippen LogP contribution in [0, 0.1) is 0 Å². The summed E-state index contributed by atoms with van der Waals surface area (Å²) in [5, 5.41) is 0. The van der Waals surface area contributed by atoms with Crippen molar-refractivity contribution in [2.75, 3.05) is 25.4 Å². The molecule has 1 heterocycles. The molecule has 0 atom stereocenters. The average molecular weight is 273 g/mol. The first-order valence-electron chi connectivity index (χ1n) is 6.92. The van der Waals surface area contributed by atoms with Gasteiger partial charge in [-0.3, -0.25) is 9.45 Å². The fourth-order valence-corrected chi connectivity index (χ4v) is 3.54. The molecule has 0 bridgehead atoms. The summed E-state index contributed by atoms with van der Waals surface area (Å²) in [6.45, 7) is 3.15. The maximum Gasteiger partial charge on any atom is 0.264 e. The topological polar surface area (TPSA) is 57.6 Å². The van der Waals surface area contributed by atoms with Crippen LogP contribution in [0.4, 0.5) is 0 Å². The molecule has 0 aromatic rings. The summed E-state index contributed by atoms with van der Waals surface area (Å²) in [6, 6.07) is 0. The monoisotopic (exact) mass is 273 g/mol. The molecular weight excluding hydrogens is 250 g/mol. The van der Waals surface area contributed by atoms with Crippen LogP contribution in [0.1, 0.15) is 44.9 Å². The molecule has 0 aromatic heterocycles. The minimum Gasteiger partial charge on any atom is -0.299 e. The highest BCUT2D eigenvalue weighted by Gasteiger charge is 2.20. The van der Waals surface area contributed by atoms with E-state index in [-0.39, 0.29) is 5.75 Å². The van der Waals surface area contributed by atoms with E-state index in [9.17, 15) is 8.42 Å². The molecule has 2 rings (SSSR count). The Balaban J connectivity index is 1.71. The SMILES string of the molecule is O=S(=O)(O)CCCCN1CCC2=C(CCCC2)C1. The van der Waals surface area contributed by atoms with Gasteiger partial charge in [0.25, 0.3) is 10.1 Å². The molecule has 18 heavy (non-hydrogen) atoms. The summed E-state index contributed by atoms with van der Waals surface area (Å²) in [5.41, 5.74) is 3.33. The molecule has 0 amide bonds. The van der Waals surface area contributed by atoms with Crippen molar-refractivity contribution in [2.45, 2.75) is 44.9 Å². The molecule has 0 fully saturated rings. The zero-order valence-corrected chi connectivity index (χ0v) is 11.7. The third-order valence-corrected chi connectivity index (χ3v) is 4.78. The molecule has 0 radical (unpaired) electrons. The predicted molar refractivity (Wildman–Crippen MR) is 72.2 cm³/mol. The number of nitrogens with zero attached hydrogens (tertiary/aromatic N) is 1. The second kappa shape index (κ2) is 6.17. The van der Waals surface area contributed by atoms with Crippen LogP contribution in [0.25, 0.3) is 0 Å². The minimum atomic E-state index is -3.77. The maximum atomic E-state index is 10.6. The van der Waals surface area contributed by atoms with E-state index in [4.69, 9.17) is 4.55 Å². The fraction of sp³-hybridized carbons (Fsp3) is 0.846. The largest absolute Gasteiger partial charge is 0.299 e. The van der Waals surface area contributed by atoms with Gasteiger partial charge in [-0.15, -0.1) is 0 Å². The Labute approximate surface area is 110 Å². The van der Waals surface area contributed by atoms with Gasteiger partial charge < -0.3 is 0 Å². The lowest BCUT2D eigenvalue weighted by molar-refractivity contribution is 0.270. The van der Waals surface area contributed by atoms with E-state index < -0.39 is 10.1 Å². The van der Waals surface area contributed by atoms with Crippen LogP contribution in [-0.4, -0.2) is 43.3 Å². The molecule has 4 nitrogen and oxygen atoms in total. The van der Waals surface area contributed by atoms with E-state index in [1.165, 1.54) is 32.1 Å². The van der Waals surface area contributed by atoms with Crippen molar-refractivity contribution in [3.05, 3.63) is 11.1 Å². The summed E-state index contributed by atoms with van der Waals surface area (Å²) >= 11 is 0. The highest BCUT2D eigenvalue weighted by atomic mass is 32.2. The van der Waals surface area contributed by atoms with Crippen molar-refractivity contribution in [1.29, 1.82) is 0 Å². The van der Waals surface area contributed by atoms with Gasteiger partial charge >= 0.3 is 0 Å². The molecule has 2 aliphatic rings. The van der Waals surface area contributed by atoms with Gasteiger partial charge in [0, 0.05) is 13.1 Å². The number of hydrogen-bond acceptors (Lipinski definition) is 3. The first kappa shape index (κ1) is 14.0. The standard InChI is InChI=1S/C13H23NO3S/c15-18(16,17)10-4-3-8-14-9-7-12-5-1-2-6-13(12)11-14/h1-11H2,(H,15,16,17). The number of unbranched alkanes of at least 4 members (excludes halogenated alkanes) is 1. The van der Waals surface area contributed by atoms with E-state index in [0.29, 0.717) is 6.42 Å². The second-order valence-electron chi connectivity index (χ2n) is 5.43. The first-order valence-corrected chi connectivity index (χ1v) is 8.53. The van der Waals surface area contributed by atoms with E-state index >= 15 is 0 Å². The first-order chi connectivity index (χ1) is 8.54. The second-order valence-corrected chi connectivity index (χ2v) is 7.01. The van der Waals surface area contributed by atoms with Crippen LogP contribution in [0.15, 0.2) is 11.1 Å². The molecule has 1 aliphatic heterocycles. The van der Waals surface area contributed by atoms with Gasteiger partial charge in [-0.05, 0) is 51.5 Å². The number of rotatable bonds is 5. The molecule has 0 saturated carbocycles. The van der Waals surface area contributed by atoms with Crippen LogP contribution < -0.4 is 0 Å². The molecule has 0 unspecified atom stereocenters. The maximum absolute atomic E-state index is 10.6. The molecule has 0 spiro atoms. The number of hydrogen-bond donors (Lipinski definition) is 1. The highest BCUT2D eigenvalue weighted by Crippen LogP contribution is 2.30. The van der Waals surface area contributed by atoms with Crippen LogP contribution in [0.2, 0.25) is 0 Å². The van der Waals surface area contributed by atoms with Crippen molar-refractivity contribution >= 4 is 10.1 Å². The highest BCUT2D eigenvalue weighted by molar-refractivity contribution is 7.85. The minimum absolute atomic E-state index is 0.102. The molecule has 1 N–H and O–H groups in total. The van der Waals surface area contributed by atoms with Gasteiger partial charge in [-0.2, -0.15) is 8.42 Å². The van der Waals surface area contributed by atoms with E-state index in [0.717, 1.165) is 26.1 Å². The van der Waals surface area contributed by atoms with E-state index in [1.807, 2.05) is 0 Å². The quantitative estimate of drug-likeness (QED) is 0.474. The van der Waals surface area contributed by atoms with Gasteiger partial charge in [0.1, 0.15) is 0 Å². The molecular formula is C13H23NO3S. The van der Waals surface area contributed by atoms with Crippen molar-refractivity contribution in [2.24, 2.45) is 0 Å². The lowest BCUT2D eigenvalue weighted by Gasteiger charge is -2.33. The Kier molecular flexibility index (Phi) is 4.81. The van der Waals surface area contributed by atoms with Crippen molar-refractivity contribution in [1.82, 2.24) is 4.90 Å². The summed E-state index contributed by atoms with van der Waals surface area (Å²) in [5.74, 6) is -0.102. The van der Waals surface area contributed by atoms with Gasteiger partial charge in [0.15, 0.2) is 0 Å². The van der Waals surface area contributed by atoms with Gasteiger partial charge in [0.05, 0.1) is 5.75 Å². The predicted octanol–water partition coefficient (Wildman–Crippen LogP) is 2.23. The summed E-state index contributed by atoms with van der Waals surface area (Å²) < 4.78 is 29.9. The Morgan fingerprint density at radius 2 is 1.78 bits per heavy atom. The van der Waals surface area contributed by atoms with Gasteiger partial charge in [-0.1, -0.05) is 11.1 Å². The molecule has 0 saturated heterocycles. The lowest BCUT2D eigenvalue weighted by Crippen LogP contribution is -2.33. The Morgan fingerprint density at radius 1 is 1.06 bits per heavy atom. The Bertz CT molecular complexity index is 414. The summed E-state index contributed by atoms with van der Waals surface area (Å²) in [6.07, 6.45) is 7.85. The third-order valence-electron chi connectivity index (χ3n) is 3.98. The summed E-state index contributed by atoms with van der Waals surface area (Å²) in [7, 11) is -3.77. The average Bonchev–Trinajstić information content (AvgIpc) is 2.33. The fourth-order valence-electron chi connectivity index (χ4n) is 2.98. The smallest absolute Gasteiger partial charge is 0.264 e. The van der Waals surface area contributed by atoms with Crippen molar-refractivity contribution < 1.29 is 13.0 Å². The van der Waals surface area contributed by atoms with Crippen molar-refractivity contribution in [3.63, 3.8) is 0 Å². The van der Waals surface area contributed by atoms with Gasteiger partial charge in [0.2, 0.25) is 0 Å². The Hall–Kier alpha value is -0.390. The Morgan fingerprint density at radius 3 is 2.50 bits per heavy atom. The normalized spacial score (nSPS) is 22.1.